The third-order valence-electron chi connectivity index (χ3n) is 3.74. The van der Waals surface area contributed by atoms with Crippen molar-refractivity contribution in [2.75, 3.05) is 10.8 Å². The highest BCUT2D eigenvalue weighted by Gasteiger charge is 2.35. The van der Waals surface area contributed by atoms with Crippen LogP contribution in [-0.2, 0) is 4.79 Å². The van der Waals surface area contributed by atoms with E-state index in [-0.39, 0.29) is 11.4 Å². The maximum absolute atomic E-state index is 12.6. The molecule has 1 aliphatic rings. The molecule has 0 aliphatic carbocycles. The number of rotatable bonds is 3. The van der Waals surface area contributed by atoms with E-state index < -0.39 is 0 Å². The third-order valence-corrected chi connectivity index (χ3v) is 4.01. The van der Waals surface area contributed by atoms with E-state index in [2.05, 4.69) is 52.0 Å². The van der Waals surface area contributed by atoms with Crippen LogP contribution in [0.1, 0.15) is 44.7 Å². The molecule has 0 N–H and O–H groups in total. The van der Waals surface area contributed by atoms with E-state index >= 15 is 0 Å². The average Bonchev–Trinajstić information content (AvgIpc) is 2.34. The molecule has 1 heterocycles. The van der Waals surface area contributed by atoms with E-state index in [0.29, 0.717) is 12.3 Å². The van der Waals surface area contributed by atoms with Gasteiger partial charge in [-0.05, 0) is 51.3 Å². The van der Waals surface area contributed by atoms with Crippen LogP contribution in [0.5, 0.6) is 0 Å². The van der Waals surface area contributed by atoms with Crippen molar-refractivity contribution in [1.82, 2.24) is 0 Å². The normalized spacial score (nSPS) is 16.6. The second-order valence-electron chi connectivity index (χ2n) is 6.02. The number of hydrogen-bond acceptors (Lipinski definition) is 1. The zero-order valence-electron chi connectivity index (χ0n) is 12.7. The Hall–Kier alpha value is -1.28. The summed E-state index contributed by atoms with van der Waals surface area (Å²) in [4.78, 5) is 14.5. The van der Waals surface area contributed by atoms with E-state index in [1.807, 2.05) is 4.90 Å². The first kappa shape index (κ1) is 15.1. The summed E-state index contributed by atoms with van der Waals surface area (Å²) in [6, 6.07) is 6.30. The van der Waals surface area contributed by atoms with Crippen LogP contribution in [-0.4, -0.2) is 17.3 Å². The van der Waals surface area contributed by atoms with Crippen LogP contribution in [0.3, 0.4) is 0 Å². The highest BCUT2D eigenvalue weighted by atomic mass is 35.5. The van der Waals surface area contributed by atoms with Crippen molar-refractivity contribution in [3.63, 3.8) is 0 Å². The summed E-state index contributed by atoms with van der Waals surface area (Å²) < 4.78 is 0. The second-order valence-corrected chi connectivity index (χ2v) is 6.40. The Morgan fingerprint density at radius 2 is 2.00 bits per heavy atom. The molecule has 0 radical (unpaired) electrons. The molecule has 0 fully saturated rings. The van der Waals surface area contributed by atoms with Gasteiger partial charge in [0.25, 0.3) is 0 Å². The van der Waals surface area contributed by atoms with Crippen LogP contribution in [0.15, 0.2) is 24.3 Å². The zero-order chi connectivity index (χ0) is 14.9. The number of anilines is 1. The number of nitrogens with zero attached hydrogens (tertiary/aromatic N) is 1. The Bertz CT molecular complexity index is 560. The molecule has 2 rings (SSSR count). The molecule has 1 aromatic carbocycles. The molecular weight excluding hydrogens is 270 g/mol. The van der Waals surface area contributed by atoms with Crippen LogP contribution in [0, 0.1) is 6.92 Å². The SMILES string of the molecule is CC1=CC(C)(C)N(C(=O)CCCCl)c2cc(C)ccc21. The standard InChI is InChI=1S/C17H22ClNO/c1-12-7-8-14-13(2)11-17(3,4)19(15(14)10-12)16(20)6-5-9-18/h7-8,10-11H,5-6,9H2,1-4H3. The number of fused-ring (bicyclic) bond motifs is 1. The summed E-state index contributed by atoms with van der Waals surface area (Å²) in [5.41, 5.74) is 4.27. The van der Waals surface area contributed by atoms with Crippen molar-refractivity contribution in [2.45, 2.75) is 46.1 Å². The fourth-order valence-corrected chi connectivity index (χ4v) is 3.06. The number of carbonyl (C=O) groups is 1. The van der Waals surface area contributed by atoms with Gasteiger partial charge in [-0.2, -0.15) is 0 Å². The lowest BCUT2D eigenvalue weighted by molar-refractivity contribution is -0.119. The molecule has 0 aromatic heterocycles. The molecule has 0 saturated heterocycles. The predicted octanol–water partition coefficient (Wildman–Crippen LogP) is 4.54. The minimum Gasteiger partial charge on any atom is -0.303 e. The fraction of sp³-hybridized carbons (Fsp3) is 0.471. The lowest BCUT2D eigenvalue weighted by Crippen LogP contribution is -2.49. The highest BCUT2D eigenvalue weighted by molar-refractivity contribution is 6.18. The first-order valence-corrected chi connectivity index (χ1v) is 7.60. The Morgan fingerprint density at radius 3 is 2.65 bits per heavy atom. The van der Waals surface area contributed by atoms with E-state index in [1.54, 1.807) is 0 Å². The molecule has 108 valence electrons. The van der Waals surface area contributed by atoms with Gasteiger partial charge in [-0.25, -0.2) is 0 Å². The molecule has 2 nitrogen and oxygen atoms in total. The van der Waals surface area contributed by atoms with Gasteiger partial charge < -0.3 is 4.90 Å². The van der Waals surface area contributed by atoms with E-state index in [1.165, 1.54) is 11.1 Å². The van der Waals surface area contributed by atoms with Crippen molar-refractivity contribution in [1.29, 1.82) is 0 Å². The quantitative estimate of drug-likeness (QED) is 0.749. The molecule has 1 aromatic rings. The van der Waals surface area contributed by atoms with Crippen molar-refractivity contribution in [3.05, 3.63) is 35.4 Å². The summed E-state index contributed by atoms with van der Waals surface area (Å²) in [5, 5.41) is 0. The number of alkyl halides is 1. The molecule has 0 spiro atoms. The van der Waals surface area contributed by atoms with E-state index in [0.717, 1.165) is 17.7 Å². The van der Waals surface area contributed by atoms with E-state index in [9.17, 15) is 4.79 Å². The predicted molar refractivity (Wildman–Crippen MR) is 86.3 cm³/mol. The summed E-state index contributed by atoms with van der Waals surface area (Å²) in [5.74, 6) is 0.668. The van der Waals surface area contributed by atoms with Gasteiger partial charge in [0.1, 0.15) is 0 Å². The molecule has 1 aliphatic heterocycles. The molecular formula is C17H22ClNO. The van der Waals surface area contributed by atoms with E-state index in [4.69, 9.17) is 11.6 Å². The maximum atomic E-state index is 12.6. The average molecular weight is 292 g/mol. The fourth-order valence-electron chi connectivity index (χ4n) is 2.93. The maximum Gasteiger partial charge on any atom is 0.227 e. The topological polar surface area (TPSA) is 20.3 Å². The molecule has 0 unspecified atom stereocenters. The van der Waals surface area contributed by atoms with Crippen LogP contribution >= 0.6 is 11.6 Å². The Balaban J connectivity index is 2.49. The van der Waals surface area contributed by atoms with Gasteiger partial charge >= 0.3 is 0 Å². The number of benzene rings is 1. The molecule has 1 amide bonds. The number of aryl methyl sites for hydroxylation is 1. The van der Waals surface area contributed by atoms with Crippen molar-refractivity contribution >= 4 is 28.8 Å². The monoisotopic (exact) mass is 291 g/mol. The summed E-state index contributed by atoms with van der Waals surface area (Å²) in [6.07, 6.45) is 3.38. The lowest BCUT2D eigenvalue weighted by atomic mass is 9.88. The minimum atomic E-state index is -0.297. The minimum absolute atomic E-state index is 0.145. The van der Waals surface area contributed by atoms with Gasteiger partial charge in [-0.3, -0.25) is 4.79 Å². The Labute approximate surface area is 126 Å². The first-order valence-electron chi connectivity index (χ1n) is 7.06. The van der Waals surface area contributed by atoms with Gasteiger partial charge in [-0.1, -0.05) is 18.2 Å². The third kappa shape index (κ3) is 2.76. The second kappa shape index (κ2) is 5.61. The highest BCUT2D eigenvalue weighted by Crippen LogP contribution is 2.39. The van der Waals surface area contributed by atoms with Crippen LogP contribution in [0.4, 0.5) is 5.69 Å². The van der Waals surface area contributed by atoms with Crippen LogP contribution in [0.2, 0.25) is 0 Å². The molecule has 0 saturated carbocycles. The van der Waals surface area contributed by atoms with Gasteiger partial charge in [0.15, 0.2) is 0 Å². The van der Waals surface area contributed by atoms with Crippen LogP contribution < -0.4 is 4.90 Å². The van der Waals surface area contributed by atoms with Gasteiger partial charge in [0, 0.05) is 17.9 Å². The van der Waals surface area contributed by atoms with Crippen molar-refractivity contribution in [2.24, 2.45) is 0 Å². The summed E-state index contributed by atoms with van der Waals surface area (Å²) in [6.45, 7) is 8.33. The number of amides is 1. The first-order chi connectivity index (χ1) is 9.36. The van der Waals surface area contributed by atoms with Gasteiger partial charge in [-0.15, -0.1) is 11.6 Å². The molecule has 3 heteroatoms. The van der Waals surface area contributed by atoms with Gasteiger partial charge in [0.2, 0.25) is 5.91 Å². The molecule has 0 atom stereocenters. The largest absolute Gasteiger partial charge is 0.303 e. The number of halogens is 1. The smallest absolute Gasteiger partial charge is 0.227 e. The number of hydrogen-bond donors (Lipinski definition) is 0. The Morgan fingerprint density at radius 1 is 1.30 bits per heavy atom. The van der Waals surface area contributed by atoms with Gasteiger partial charge in [0.05, 0.1) is 11.2 Å². The summed E-state index contributed by atoms with van der Waals surface area (Å²) in [7, 11) is 0. The molecule has 0 bridgehead atoms. The van der Waals surface area contributed by atoms with Crippen LogP contribution in [0.25, 0.3) is 5.57 Å². The summed E-state index contributed by atoms with van der Waals surface area (Å²) >= 11 is 5.72. The lowest BCUT2D eigenvalue weighted by Gasteiger charge is -2.41. The number of carbonyl (C=O) groups excluding carboxylic acids is 1. The van der Waals surface area contributed by atoms with Crippen molar-refractivity contribution in [3.8, 4) is 0 Å². The number of allylic oxidation sites excluding steroid dienone is 1. The zero-order valence-corrected chi connectivity index (χ0v) is 13.4. The molecule has 20 heavy (non-hydrogen) atoms. The van der Waals surface area contributed by atoms with Crippen molar-refractivity contribution < 1.29 is 4.79 Å². The Kier molecular flexibility index (Phi) is 4.24.